The number of rotatable bonds is 11. The Morgan fingerprint density at radius 1 is 0.940 bits per heavy atom. The van der Waals surface area contributed by atoms with Gasteiger partial charge in [-0.3, -0.25) is 24.7 Å². The van der Waals surface area contributed by atoms with Crippen LogP contribution in [0.3, 0.4) is 0 Å². The number of carbonyl (C=O) groups excluding carboxylic acids is 1. The first-order valence-corrected chi connectivity index (χ1v) is 24.7. The molecule has 10 rings (SSSR count). The number of nitro benzene ring substituents is 1. The predicted octanol–water partition coefficient (Wildman–Crippen LogP) is 7.06. The maximum atomic E-state index is 14.4. The molecule has 0 spiro atoms. The molecular weight excluding hydrogens is 898 g/mol. The number of amides is 1. The highest BCUT2D eigenvalue weighted by Crippen LogP contribution is 2.45. The molecule has 0 saturated carbocycles. The van der Waals surface area contributed by atoms with E-state index < -0.39 is 31.4 Å². The number of nitrogens with one attached hydrogen (secondary N) is 3. The highest BCUT2D eigenvalue weighted by atomic mass is 35.5. The van der Waals surface area contributed by atoms with Crippen LogP contribution in [-0.4, -0.2) is 130 Å². The molecule has 1 atom stereocenters. The Hall–Kier alpha value is -5.92. The van der Waals surface area contributed by atoms with E-state index in [1.165, 1.54) is 22.8 Å². The summed E-state index contributed by atoms with van der Waals surface area (Å²) in [5.41, 5.74) is 6.65. The Labute approximate surface area is 394 Å². The van der Waals surface area contributed by atoms with Crippen molar-refractivity contribution >= 4 is 72.6 Å². The summed E-state index contributed by atoms with van der Waals surface area (Å²) in [6.07, 6.45) is 4.98. The first-order valence-electron chi connectivity index (χ1n) is 22.8. The average Bonchev–Trinajstić information content (AvgIpc) is 3.79. The Kier molecular flexibility index (Phi) is 12.3. The molecule has 5 aromatic rings. The minimum absolute atomic E-state index is 0.0142. The van der Waals surface area contributed by atoms with Gasteiger partial charge in [0.15, 0.2) is 11.4 Å². The smallest absolute Gasteiger partial charge is 0.297 e. The van der Waals surface area contributed by atoms with Crippen molar-refractivity contribution < 1.29 is 32.3 Å². The molecule has 2 saturated heterocycles. The molecule has 1 aliphatic carbocycles. The van der Waals surface area contributed by atoms with Gasteiger partial charge < -0.3 is 34.3 Å². The summed E-state index contributed by atoms with van der Waals surface area (Å²) in [6, 6.07) is 19.3. The normalized spacial score (nSPS) is 20.1. The molecule has 17 nitrogen and oxygen atoms in total. The molecule has 3 N–H and O–H groups in total. The summed E-state index contributed by atoms with van der Waals surface area (Å²) in [6.45, 7) is 12.7. The van der Waals surface area contributed by atoms with Crippen LogP contribution in [-0.2, 0) is 14.8 Å². The fraction of sp³-hybridized carbons (Fsp3) is 0.417. The number of aromatic amines is 1. The lowest BCUT2D eigenvalue weighted by molar-refractivity contribution is -0.384. The van der Waals surface area contributed by atoms with Crippen LogP contribution < -0.4 is 29.3 Å². The molecule has 6 heterocycles. The highest BCUT2D eigenvalue weighted by Gasteiger charge is 2.35. The number of morpholine rings is 1. The molecule has 67 heavy (non-hydrogen) atoms. The Balaban J connectivity index is 0.916. The third-order valence-electron chi connectivity index (χ3n) is 13.5. The minimum atomic E-state index is -4.66. The van der Waals surface area contributed by atoms with E-state index in [4.69, 9.17) is 30.8 Å². The Bertz CT molecular complexity index is 2860. The van der Waals surface area contributed by atoms with Gasteiger partial charge in [-0.05, 0) is 78.3 Å². The largest absolute Gasteiger partial charge is 0.489 e. The SMILES string of the molecule is CC1(C)CCC(CN2CCN(c3ccc(C(=O)NS(=O)(=O)c4cc5c(c([N+](=O)[O-])c4)N[C@@H](CN4CCOCC4)CO5)c(N4CCOc5nc6[nH]ccc6cc54)c3)CC2)=C(c2ccc(Cl)cc2)C1. The third kappa shape index (κ3) is 9.50. The molecule has 0 radical (unpaired) electrons. The van der Waals surface area contributed by atoms with E-state index >= 15 is 0 Å². The van der Waals surface area contributed by atoms with Crippen LogP contribution in [0.25, 0.3) is 16.6 Å². The maximum Gasteiger partial charge on any atom is 0.297 e. The topological polar surface area (TPSA) is 188 Å². The number of carbonyl (C=O) groups is 1. The van der Waals surface area contributed by atoms with E-state index in [1.54, 1.807) is 12.3 Å². The van der Waals surface area contributed by atoms with E-state index in [2.05, 4.69) is 55.7 Å². The van der Waals surface area contributed by atoms with Gasteiger partial charge in [-0.1, -0.05) is 43.2 Å². The van der Waals surface area contributed by atoms with Crippen LogP contribution in [0.15, 0.2) is 83.4 Å². The van der Waals surface area contributed by atoms with Crippen molar-refractivity contribution in [3.8, 4) is 11.6 Å². The van der Waals surface area contributed by atoms with Gasteiger partial charge in [0, 0.05) is 86.8 Å². The van der Waals surface area contributed by atoms with Crippen molar-refractivity contribution in [3.63, 3.8) is 0 Å². The number of H-pyrrole nitrogens is 1. The van der Waals surface area contributed by atoms with Crippen molar-refractivity contribution in [2.45, 2.75) is 44.0 Å². The molecule has 2 aromatic heterocycles. The number of anilines is 4. The lowest BCUT2D eigenvalue weighted by Gasteiger charge is -2.39. The number of benzene rings is 3. The second-order valence-corrected chi connectivity index (χ2v) is 20.8. The molecule has 1 amide bonds. The van der Waals surface area contributed by atoms with Crippen LogP contribution in [0, 0.1) is 15.5 Å². The summed E-state index contributed by atoms with van der Waals surface area (Å²) in [4.78, 5) is 42.5. The van der Waals surface area contributed by atoms with E-state index in [0.717, 1.165) is 87.2 Å². The molecular formula is C48H54ClN9O8S. The zero-order chi connectivity index (χ0) is 46.5. The van der Waals surface area contributed by atoms with Crippen LogP contribution in [0.5, 0.6) is 11.6 Å². The summed E-state index contributed by atoms with van der Waals surface area (Å²) < 4.78 is 47.9. The number of hydrogen-bond donors (Lipinski definition) is 3. The number of piperazine rings is 1. The fourth-order valence-corrected chi connectivity index (χ4v) is 11.0. The highest BCUT2D eigenvalue weighted by molar-refractivity contribution is 7.90. The number of pyridine rings is 1. The van der Waals surface area contributed by atoms with Gasteiger partial charge in [-0.15, -0.1) is 0 Å². The summed E-state index contributed by atoms with van der Waals surface area (Å²) in [5, 5.41) is 17.2. The molecule has 4 aliphatic heterocycles. The number of allylic oxidation sites excluding steroid dienone is 1. The maximum absolute atomic E-state index is 14.4. The molecule has 0 unspecified atom stereocenters. The molecule has 19 heteroatoms. The summed E-state index contributed by atoms with van der Waals surface area (Å²) in [7, 11) is -4.66. The lowest BCUT2D eigenvalue weighted by atomic mass is 9.72. The second-order valence-electron chi connectivity index (χ2n) is 18.7. The van der Waals surface area contributed by atoms with Gasteiger partial charge in [0.05, 0.1) is 46.9 Å². The minimum Gasteiger partial charge on any atom is -0.489 e. The predicted molar refractivity (Wildman–Crippen MR) is 258 cm³/mol. The molecule has 0 bridgehead atoms. The van der Waals surface area contributed by atoms with Gasteiger partial charge in [-0.2, -0.15) is 4.98 Å². The van der Waals surface area contributed by atoms with Crippen LogP contribution in [0.4, 0.5) is 28.4 Å². The van der Waals surface area contributed by atoms with Gasteiger partial charge in [0.2, 0.25) is 5.88 Å². The molecule has 3 aromatic carbocycles. The Morgan fingerprint density at radius 2 is 1.73 bits per heavy atom. The standard InChI is InChI=1S/C48H54ClN9O8S/c1-48(2)11-9-33(39(27-48)31-3-5-34(49)6-4-31)28-54-13-15-56(16-14-54)36-7-8-38(40(24-36)57-19-22-65-47-42(57)23-32-10-12-50-45(32)52-47)46(59)53-67(62,63)37-25-41(58(60)61)44-43(26-37)66-30-35(51-44)29-55-17-20-64-21-18-55/h3-8,10,12,23-26,35,51H,9,11,13-22,27-30H2,1-2H3,(H,50,52)(H,53,59)/t35-/m0/s1. The Morgan fingerprint density at radius 3 is 2.51 bits per heavy atom. The fourth-order valence-electron chi connectivity index (χ4n) is 9.89. The van der Waals surface area contributed by atoms with Gasteiger partial charge >= 0.3 is 0 Å². The molecule has 352 valence electrons. The first kappa shape index (κ1) is 44.9. The zero-order valence-corrected chi connectivity index (χ0v) is 39.1. The number of sulfonamides is 1. The van der Waals surface area contributed by atoms with Crippen molar-refractivity contribution in [1.29, 1.82) is 0 Å². The van der Waals surface area contributed by atoms with E-state index in [9.17, 15) is 23.3 Å². The van der Waals surface area contributed by atoms with E-state index in [0.29, 0.717) is 49.2 Å². The van der Waals surface area contributed by atoms with Gasteiger partial charge in [0.25, 0.3) is 21.6 Å². The molecule has 2 fully saturated rings. The number of nitro groups is 1. The number of fused-ring (bicyclic) bond motifs is 3. The number of hydrogen-bond acceptors (Lipinski definition) is 14. The second kappa shape index (κ2) is 18.3. The number of ether oxygens (including phenoxy) is 3. The van der Waals surface area contributed by atoms with Crippen molar-refractivity contribution in [2.75, 3.05) is 100 Å². The van der Waals surface area contributed by atoms with Crippen molar-refractivity contribution in [3.05, 3.63) is 105 Å². The van der Waals surface area contributed by atoms with Crippen molar-refractivity contribution in [2.24, 2.45) is 5.41 Å². The monoisotopic (exact) mass is 951 g/mol. The van der Waals surface area contributed by atoms with Crippen LogP contribution in [0.1, 0.15) is 49.0 Å². The van der Waals surface area contributed by atoms with E-state index in [1.807, 2.05) is 41.3 Å². The van der Waals surface area contributed by atoms with Crippen molar-refractivity contribution in [1.82, 2.24) is 24.5 Å². The van der Waals surface area contributed by atoms with E-state index in [-0.39, 0.29) is 41.7 Å². The van der Waals surface area contributed by atoms with Crippen LogP contribution in [0.2, 0.25) is 5.02 Å². The average molecular weight is 953 g/mol. The zero-order valence-electron chi connectivity index (χ0n) is 37.6. The summed E-state index contributed by atoms with van der Waals surface area (Å²) in [5.74, 6) is -0.513. The number of nitrogens with zero attached hydrogens (tertiary/aromatic N) is 6. The van der Waals surface area contributed by atoms with Gasteiger partial charge in [0.1, 0.15) is 24.5 Å². The molecule has 5 aliphatic rings. The quantitative estimate of drug-likeness (QED) is 0.0902. The number of aromatic nitrogens is 2. The van der Waals surface area contributed by atoms with Gasteiger partial charge in [-0.25, -0.2) is 13.1 Å². The lowest BCUT2D eigenvalue weighted by Crippen LogP contribution is -2.47. The summed E-state index contributed by atoms with van der Waals surface area (Å²) >= 11 is 6.27. The third-order valence-corrected chi connectivity index (χ3v) is 15.1. The first-order chi connectivity index (χ1) is 32.3. The number of halogens is 1. The van der Waals surface area contributed by atoms with Crippen LogP contribution >= 0.6 is 11.6 Å².